The van der Waals surface area contributed by atoms with Crippen molar-refractivity contribution < 1.29 is 9.53 Å². The predicted molar refractivity (Wildman–Crippen MR) is 92.2 cm³/mol. The Morgan fingerprint density at radius 2 is 2.08 bits per heavy atom. The molecule has 0 saturated carbocycles. The standard InChI is InChI=1S/C18H23N3O3/c1-3-6-15-11-18(23)21(13-20-15)12-17(22)19-10-9-14-7-4-5-8-16(14)24-2/h4-5,7-8,11,13H,3,6,9-10,12H2,1-2H3,(H,19,22). The van der Waals surface area contributed by atoms with Gasteiger partial charge in [-0.05, 0) is 24.5 Å². The van der Waals surface area contributed by atoms with Crippen molar-refractivity contribution in [2.75, 3.05) is 13.7 Å². The van der Waals surface area contributed by atoms with E-state index in [0.717, 1.165) is 29.8 Å². The second kappa shape index (κ2) is 8.86. The third kappa shape index (κ3) is 4.94. The minimum Gasteiger partial charge on any atom is -0.496 e. The molecule has 1 aromatic carbocycles. The second-order valence-electron chi connectivity index (χ2n) is 5.51. The fourth-order valence-electron chi connectivity index (χ4n) is 2.43. The zero-order chi connectivity index (χ0) is 17.4. The van der Waals surface area contributed by atoms with Crippen LogP contribution in [0.5, 0.6) is 5.75 Å². The number of ether oxygens (including phenoxy) is 1. The Morgan fingerprint density at radius 1 is 1.29 bits per heavy atom. The van der Waals surface area contributed by atoms with Gasteiger partial charge in [0, 0.05) is 18.3 Å². The van der Waals surface area contributed by atoms with E-state index < -0.39 is 0 Å². The van der Waals surface area contributed by atoms with Crippen LogP contribution < -0.4 is 15.6 Å². The third-order valence-electron chi connectivity index (χ3n) is 3.67. The van der Waals surface area contributed by atoms with Crippen LogP contribution in [0.2, 0.25) is 0 Å². The van der Waals surface area contributed by atoms with Crippen LogP contribution in [-0.2, 0) is 24.2 Å². The smallest absolute Gasteiger partial charge is 0.253 e. The van der Waals surface area contributed by atoms with Crippen LogP contribution in [0.3, 0.4) is 0 Å². The van der Waals surface area contributed by atoms with Gasteiger partial charge in [-0.15, -0.1) is 0 Å². The highest BCUT2D eigenvalue weighted by atomic mass is 16.5. The molecule has 0 bridgehead atoms. The Morgan fingerprint density at radius 3 is 2.79 bits per heavy atom. The van der Waals surface area contributed by atoms with Gasteiger partial charge in [0.05, 0.1) is 13.4 Å². The highest BCUT2D eigenvalue weighted by Crippen LogP contribution is 2.17. The van der Waals surface area contributed by atoms with E-state index >= 15 is 0 Å². The summed E-state index contributed by atoms with van der Waals surface area (Å²) in [6, 6.07) is 9.18. The number of hydrogen-bond donors (Lipinski definition) is 1. The SMILES string of the molecule is CCCc1cc(=O)n(CC(=O)NCCc2ccccc2OC)cn1. The number of para-hydroxylation sites is 1. The average molecular weight is 329 g/mol. The van der Waals surface area contributed by atoms with Crippen LogP contribution in [0.4, 0.5) is 0 Å². The number of amides is 1. The quantitative estimate of drug-likeness (QED) is 0.798. The second-order valence-corrected chi connectivity index (χ2v) is 5.51. The zero-order valence-corrected chi connectivity index (χ0v) is 14.1. The maximum absolute atomic E-state index is 12.0. The molecular weight excluding hydrogens is 306 g/mol. The van der Waals surface area contributed by atoms with Gasteiger partial charge in [0.2, 0.25) is 5.91 Å². The van der Waals surface area contributed by atoms with Gasteiger partial charge in [0.1, 0.15) is 12.3 Å². The van der Waals surface area contributed by atoms with Gasteiger partial charge < -0.3 is 10.1 Å². The van der Waals surface area contributed by atoms with Crippen molar-refractivity contribution in [3.8, 4) is 5.75 Å². The fraction of sp³-hybridized carbons (Fsp3) is 0.389. The Labute approximate surface area is 141 Å². The number of benzene rings is 1. The summed E-state index contributed by atoms with van der Waals surface area (Å²) >= 11 is 0. The van der Waals surface area contributed by atoms with Crippen LogP contribution in [-0.4, -0.2) is 29.1 Å². The number of rotatable bonds is 8. The molecule has 6 nitrogen and oxygen atoms in total. The zero-order valence-electron chi connectivity index (χ0n) is 14.1. The van der Waals surface area contributed by atoms with Gasteiger partial charge in [0.25, 0.3) is 5.56 Å². The summed E-state index contributed by atoms with van der Waals surface area (Å²) in [4.78, 5) is 28.1. The van der Waals surface area contributed by atoms with Crippen LogP contribution >= 0.6 is 0 Å². The van der Waals surface area contributed by atoms with E-state index in [-0.39, 0.29) is 18.0 Å². The molecule has 0 aliphatic carbocycles. The molecule has 6 heteroatoms. The molecule has 0 fully saturated rings. The van der Waals surface area contributed by atoms with Gasteiger partial charge in [-0.2, -0.15) is 0 Å². The molecule has 0 spiro atoms. The van der Waals surface area contributed by atoms with Crippen molar-refractivity contribution in [3.63, 3.8) is 0 Å². The summed E-state index contributed by atoms with van der Waals surface area (Å²) in [5.41, 5.74) is 1.59. The van der Waals surface area contributed by atoms with E-state index in [2.05, 4.69) is 10.3 Å². The molecule has 0 aliphatic rings. The summed E-state index contributed by atoms with van der Waals surface area (Å²) in [7, 11) is 1.62. The van der Waals surface area contributed by atoms with E-state index in [9.17, 15) is 9.59 Å². The first kappa shape index (κ1) is 17.7. The number of nitrogens with one attached hydrogen (secondary N) is 1. The maximum atomic E-state index is 12.0. The summed E-state index contributed by atoms with van der Waals surface area (Å²) < 4.78 is 6.60. The van der Waals surface area contributed by atoms with E-state index in [1.807, 2.05) is 31.2 Å². The summed E-state index contributed by atoms with van der Waals surface area (Å²) in [6.45, 7) is 2.49. The first-order valence-corrected chi connectivity index (χ1v) is 8.08. The number of nitrogens with zero attached hydrogens (tertiary/aromatic N) is 2. The normalized spacial score (nSPS) is 10.4. The Balaban J connectivity index is 1.86. The van der Waals surface area contributed by atoms with E-state index in [4.69, 9.17) is 4.74 Å². The van der Waals surface area contributed by atoms with E-state index in [1.165, 1.54) is 17.0 Å². The van der Waals surface area contributed by atoms with Crippen molar-refractivity contribution in [2.24, 2.45) is 0 Å². The van der Waals surface area contributed by atoms with Crippen molar-refractivity contribution >= 4 is 5.91 Å². The Bertz CT molecular complexity index is 740. The fourth-order valence-corrected chi connectivity index (χ4v) is 2.43. The largest absolute Gasteiger partial charge is 0.496 e. The number of aryl methyl sites for hydroxylation is 1. The van der Waals surface area contributed by atoms with Gasteiger partial charge in [-0.3, -0.25) is 14.2 Å². The molecule has 1 aromatic heterocycles. The highest BCUT2D eigenvalue weighted by Gasteiger charge is 2.07. The number of carbonyl (C=O) groups is 1. The Hall–Kier alpha value is -2.63. The first-order chi connectivity index (χ1) is 11.6. The molecular formula is C18H23N3O3. The lowest BCUT2D eigenvalue weighted by molar-refractivity contribution is -0.121. The number of hydrogen-bond acceptors (Lipinski definition) is 4. The average Bonchev–Trinajstić information content (AvgIpc) is 2.58. The molecule has 0 atom stereocenters. The van der Waals surface area contributed by atoms with E-state index in [1.54, 1.807) is 7.11 Å². The topological polar surface area (TPSA) is 73.2 Å². The lowest BCUT2D eigenvalue weighted by Gasteiger charge is -2.10. The molecule has 0 aliphatic heterocycles. The van der Waals surface area contributed by atoms with Crippen LogP contribution in [0.15, 0.2) is 41.5 Å². The van der Waals surface area contributed by atoms with Gasteiger partial charge >= 0.3 is 0 Å². The number of methoxy groups -OCH3 is 1. The lowest BCUT2D eigenvalue weighted by atomic mass is 10.1. The minimum absolute atomic E-state index is 0.0236. The maximum Gasteiger partial charge on any atom is 0.253 e. The Kier molecular flexibility index (Phi) is 6.54. The van der Waals surface area contributed by atoms with Crippen LogP contribution in [0, 0.1) is 0 Å². The lowest BCUT2D eigenvalue weighted by Crippen LogP contribution is -2.33. The molecule has 0 unspecified atom stereocenters. The molecule has 0 saturated heterocycles. The van der Waals surface area contributed by atoms with Crippen molar-refractivity contribution in [1.29, 1.82) is 0 Å². The summed E-state index contributed by atoms with van der Waals surface area (Å²) in [5, 5.41) is 2.82. The van der Waals surface area contributed by atoms with Gasteiger partial charge in [-0.1, -0.05) is 31.5 Å². The predicted octanol–water partition coefficient (Wildman–Crippen LogP) is 1.56. The van der Waals surface area contributed by atoms with E-state index in [0.29, 0.717) is 13.0 Å². The first-order valence-electron chi connectivity index (χ1n) is 8.08. The molecule has 2 aromatic rings. The van der Waals surface area contributed by atoms with Crippen LogP contribution in [0.1, 0.15) is 24.6 Å². The highest BCUT2D eigenvalue weighted by molar-refractivity contribution is 5.75. The van der Waals surface area contributed by atoms with Crippen LogP contribution in [0.25, 0.3) is 0 Å². The summed E-state index contributed by atoms with van der Waals surface area (Å²) in [6.07, 6.45) is 3.80. The molecule has 2 rings (SSSR count). The molecule has 24 heavy (non-hydrogen) atoms. The van der Waals surface area contributed by atoms with Gasteiger partial charge in [0.15, 0.2) is 0 Å². The monoisotopic (exact) mass is 329 g/mol. The van der Waals surface area contributed by atoms with Gasteiger partial charge in [-0.25, -0.2) is 4.98 Å². The summed E-state index contributed by atoms with van der Waals surface area (Å²) in [5.74, 6) is 0.593. The van der Waals surface area contributed by atoms with Crippen molar-refractivity contribution in [3.05, 3.63) is 58.3 Å². The molecule has 128 valence electrons. The number of aromatic nitrogens is 2. The third-order valence-corrected chi connectivity index (χ3v) is 3.67. The number of carbonyl (C=O) groups excluding carboxylic acids is 1. The minimum atomic E-state index is -0.211. The molecule has 1 heterocycles. The molecule has 1 amide bonds. The molecule has 1 N–H and O–H groups in total. The van der Waals surface area contributed by atoms with Crippen molar-refractivity contribution in [1.82, 2.24) is 14.9 Å². The van der Waals surface area contributed by atoms with Crippen molar-refractivity contribution in [2.45, 2.75) is 32.7 Å². The molecule has 0 radical (unpaired) electrons.